The number of carbonyl (C=O) groups excluding carboxylic acids is 2. The van der Waals surface area contributed by atoms with E-state index in [4.69, 9.17) is 16.3 Å². The first kappa shape index (κ1) is 24.1. The van der Waals surface area contributed by atoms with Gasteiger partial charge in [-0.25, -0.2) is 14.5 Å². The van der Waals surface area contributed by atoms with Crippen LogP contribution in [0.1, 0.15) is 43.2 Å². The molecule has 36 heavy (non-hydrogen) atoms. The topological polar surface area (TPSA) is 83.8 Å². The molecule has 2 aliphatic heterocycles. The fourth-order valence-electron chi connectivity index (χ4n) is 4.48. The molecule has 0 spiro atoms. The number of amides is 2. The van der Waals surface area contributed by atoms with Gasteiger partial charge in [0.25, 0.3) is 5.91 Å². The molecule has 10 heteroatoms. The quantitative estimate of drug-likeness (QED) is 0.515. The monoisotopic (exact) mass is 508 g/mol. The number of likely N-dealkylation sites (N-methyl/N-ethyl adjacent to an activating group) is 1. The minimum atomic E-state index is -0.526. The molecule has 0 N–H and O–H groups in total. The number of nitrogens with zero attached hydrogens (tertiary/aromatic N) is 6. The maximum Gasteiger partial charge on any atom is 0.410 e. The molecule has 2 aromatic heterocycles. The second kappa shape index (κ2) is 9.13. The number of fused-ring (bicyclic) bond motifs is 1. The van der Waals surface area contributed by atoms with Crippen LogP contribution >= 0.6 is 11.6 Å². The summed E-state index contributed by atoms with van der Waals surface area (Å²) >= 11 is 5.97. The van der Waals surface area contributed by atoms with Gasteiger partial charge in [0.1, 0.15) is 11.4 Å². The summed E-state index contributed by atoms with van der Waals surface area (Å²) in [6, 6.07) is 11.2. The lowest BCUT2D eigenvalue weighted by Crippen LogP contribution is -2.42. The number of aromatic nitrogens is 3. The number of hydrogen-bond donors (Lipinski definition) is 0. The van der Waals surface area contributed by atoms with Crippen LogP contribution < -0.4 is 9.80 Å². The summed E-state index contributed by atoms with van der Waals surface area (Å²) in [4.78, 5) is 35.6. The van der Waals surface area contributed by atoms with Crippen molar-refractivity contribution in [1.29, 1.82) is 0 Å². The van der Waals surface area contributed by atoms with Crippen molar-refractivity contribution in [3.63, 3.8) is 0 Å². The normalized spacial score (nSPS) is 17.5. The molecule has 1 fully saturated rings. The Morgan fingerprint density at radius 3 is 2.50 bits per heavy atom. The number of hydrogen-bond acceptors (Lipinski definition) is 6. The summed E-state index contributed by atoms with van der Waals surface area (Å²) in [5.41, 5.74) is 2.36. The maximum absolute atomic E-state index is 13.1. The van der Waals surface area contributed by atoms with E-state index in [2.05, 4.69) is 15.0 Å². The fraction of sp³-hybridized carbons (Fsp3) is 0.385. The van der Waals surface area contributed by atoms with E-state index < -0.39 is 5.60 Å². The Hall–Kier alpha value is -3.59. The zero-order valence-corrected chi connectivity index (χ0v) is 21.6. The SMILES string of the molecule is CN(C(=O)OC(C)(C)C)[C@@H]1CCN(c2ccc(N3Cc4cn(-c5ccc(Cl)cc5)nc4C3=O)cn2)C1. The first-order valence-electron chi connectivity index (χ1n) is 11.9. The van der Waals surface area contributed by atoms with E-state index in [0.29, 0.717) is 23.8 Å². The maximum atomic E-state index is 13.1. The average Bonchev–Trinajstić information content (AvgIpc) is 3.55. The van der Waals surface area contributed by atoms with Gasteiger partial charge >= 0.3 is 6.09 Å². The van der Waals surface area contributed by atoms with Gasteiger partial charge in [0.05, 0.1) is 30.2 Å². The Labute approximate surface area is 215 Å². The van der Waals surface area contributed by atoms with E-state index in [9.17, 15) is 9.59 Å². The van der Waals surface area contributed by atoms with Crippen molar-refractivity contribution in [2.45, 2.75) is 45.4 Å². The van der Waals surface area contributed by atoms with Crippen molar-refractivity contribution >= 4 is 35.1 Å². The second-order valence-electron chi connectivity index (χ2n) is 10.2. The second-order valence-corrected chi connectivity index (χ2v) is 10.6. The molecule has 1 atom stereocenters. The Bertz CT molecular complexity index is 1280. The van der Waals surface area contributed by atoms with E-state index in [1.807, 2.05) is 51.2 Å². The van der Waals surface area contributed by atoms with Crippen molar-refractivity contribution in [3.05, 3.63) is 65.1 Å². The van der Waals surface area contributed by atoms with Gasteiger partial charge in [0, 0.05) is 36.9 Å². The Balaban J connectivity index is 1.23. The highest BCUT2D eigenvalue weighted by molar-refractivity contribution is 6.30. The smallest absolute Gasteiger partial charge is 0.410 e. The molecule has 0 bridgehead atoms. The van der Waals surface area contributed by atoms with Crippen LogP contribution in [-0.2, 0) is 11.3 Å². The summed E-state index contributed by atoms with van der Waals surface area (Å²) in [5, 5.41) is 5.15. The zero-order chi connectivity index (χ0) is 25.6. The van der Waals surface area contributed by atoms with Gasteiger partial charge in [0.15, 0.2) is 5.69 Å². The molecule has 3 aromatic rings. The van der Waals surface area contributed by atoms with Crippen LogP contribution in [0.2, 0.25) is 5.02 Å². The number of benzene rings is 1. The zero-order valence-electron chi connectivity index (χ0n) is 20.8. The number of carbonyl (C=O) groups is 2. The number of halogens is 1. The highest BCUT2D eigenvalue weighted by Gasteiger charge is 2.34. The Morgan fingerprint density at radius 2 is 1.86 bits per heavy atom. The molecule has 2 amide bonds. The lowest BCUT2D eigenvalue weighted by atomic mass is 10.2. The highest BCUT2D eigenvalue weighted by Crippen LogP contribution is 2.30. The number of anilines is 2. The van der Waals surface area contributed by atoms with E-state index in [1.165, 1.54) is 0 Å². The number of rotatable bonds is 4. The number of pyridine rings is 1. The molecule has 188 valence electrons. The van der Waals surface area contributed by atoms with Crippen molar-refractivity contribution < 1.29 is 14.3 Å². The van der Waals surface area contributed by atoms with Gasteiger partial charge in [-0.2, -0.15) is 5.10 Å². The van der Waals surface area contributed by atoms with Crippen LogP contribution in [0.15, 0.2) is 48.8 Å². The molecular weight excluding hydrogens is 480 g/mol. The average molecular weight is 509 g/mol. The van der Waals surface area contributed by atoms with Crippen molar-refractivity contribution in [3.8, 4) is 5.69 Å². The summed E-state index contributed by atoms with van der Waals surface area (Å²) in [7, 11) is 1.78. The van der Waals surface area contributed by atoms with E-state index in [0.717, 1.165) is 35.7 Å². The minimum absolute atomic E-state index is 0.0504. The summed E-state index contributed by atoms with van der Waals surface area (Å²) < 4.78 is 7.20. The van der Waals surface area contributed by atoms with Gasteiger partial charge in [-0.3, -0.25) is 4.79 Å². The largest absolute Gasteiger partial charge is 0.444 e. The van der Waals surface area contributed by atoms with Crippen molar-refractivity contribution in [2.75, 3.05) is 29.9 Å². The molecule has 0 unspecified atom stereocenters. The Morgan fingerprint density at radius 1 is 1.14 bits per heavy atom. The van der Waals surface area contributed by atoms with E-state index >= 15 is 0 Å². The molecule has 4 heterocycles. The fourth-order valence-corrected chi connectivity index (χ4v) is 4.61. The van der Waals surface area contributed by atoms with Crippen LogP contribution in [0.3, 0.4) is 0 Å². The first-order chi connectivity index (χ1) is 17.1. The van der Waals surface area contributed by atoms with Crippen LogP contribution in [0.4, 0.5) is 16.3 Å². The number of ether oxygens (including phenoxy) is 1. The summed E-state index contributed by atoms with van der Waals surface area (Å²) in [6.45, 7) is 7.49. The molecule has 0 aliphatic carbocycles. The molecule has 2 aliphatic rings. The van der Waals surface area contributed by atoms with Crippen LogP contribution in [0.25, 0.3) is 5.69 Å². The van der Waals surface area contributed by atoms with Crippen LogP contribution in [0, 0.1) is 0 Å². The predicted octanol–water partition coefficient (Wildman–Crippen LogP) is 4.53. The van der Waals surface area contributed by atoms with Crippen molar-refractivity contribution in [2.24, 2.45) is 0 Å². The minimum Gasteiger partial charge on any atom is -0.444 e. The molecule has 0 radical (unpaired) electrons. The predicted molar refractivity (Wildman–Crippen MR) is 138 cm³/mol. The lowest BCUT2D eigenvalue weighted by Gasteiger charge is -2.28. The summed E-state index contributed by atoms with van der Waals surface area (Å²) in [6.07, 6.45) is 4.12. The summed E-state index contributed by atoms with van der Waals surface area (Å²) in [5.74, 6) is 0.670. The van der Waals surface area contributed by atoms with Crippen LogP contribution in [0.5, 0.6) is 0 Å². The standard InChI is InChI=1S/C26H29ClN6O3/c1-26(2,3)36-25(35)30(4)21-11-12-31(16-21)22-10-9-20(13-28-22)32-14-17-15-33(29-23(17)24(32)34)19-7-5-18(27)6-8-19/h5-10,13,15,21H,11-12,14,16H2,1-4H3/t21-/m1/s1. The van der Waals surface area contributed by atoms with Gasteiger partial charge in [-0.1, -0.05) is 11.6 Å². The van der Waals surface area contributed by atoms with Crippen molar-refractivity contribution in [1.82, 2.24) is 19.7 Å². The third kappa shape index (κ3) is 4.75. The van der Waals surface area contributed by atoms with Gasteiger partial charge in [0.2, 0.25) is 0 Å². The van der Waals surface area contributed by atoms with Gasteiger partial charge < -0.3 is 19.4 Å². The van der Waals surface area contributed by atoms with Crippen LogP contribution in [-0.4, -0.2) is 63.4 Å². The van der Waals surface area contributed by atoms with E-state index in [-0.39, 0.29) is 18.0 Å². The first-order valence-corrected chi connectivity index (χ1v) is 12.3. The Kier molecular flexibility index (Phi) is 6.12. The third-order valence-electron chi connectivity index (χ3n) is 6.42. The molecule has 0 saturated carbocycles. The molecule has 9 nitrogen and oxygen atoms in total. The molecular formula is C26H29ClN6O3. The van der Waals surface area contributed by atoms with E-state index in [1.54, 1.807) is 39.9 Å². The molecule has 1 aromatic carbocycles. The van der Waals surface area contributed by atoms with Gasteiger partial charge in [-0.15, -0.1) is 0 Å². The lowest BCUT2D eigenvalue weighted by molar-refractivity contribution is 0.0237. The molecule has 5 rings (SSSR count). The molecule has 1 saturated heterocycles. The third-order valence-corrected chi connectivity index (χ3v) is 6.67. The highest BCUT2D eigenvalue weighted by atomic mass is 35.5. The van der Waals surface area contributed by atoms with Gasteiger partial charge in [-0.05, 0) is 63.6 Å².